The molecule has 150 valence electrons. The molecule has 0 aliphatic carbocycles. The fraction of sp³-hybridized carbons (Fsp3) is 0.158. The van der Waals surface area contributed by atoms with E-state index in [1.807, 2.05) is 5.32 Å². The zero-order chi connectivity index (χ0) is 21.3. The molecular formula is C19H12F3NO5S. The van der Waals surface area contributed by atoms with Crippen LogP contribution in [0, 0.1) is 5.92 Å². The van der Waals surface area contributed by atoms with Crippen molar-refractivity contribution in [2.45, 2.75) is 11.1 Å². The Balaban J connectivity index is 1.87. The van der Waals surface area contributed by atoms with E-state index in [-0.39, 0.29) is 10.5 Å². The highest BCUT2D eigenvalue weighted by Crippen LogP contribution is 2.38. The third kappa shape index (κ3) is 4.32. The van der Waals surface area contributed by atoms with E-state index < -0.39 is 47.0 Å². The number of carboxylic acid groups (broad SMARTS) is 1. The molecule has 0 saturated carbocycles. The lowest BCUT2D eigenvalue weighted by molar-refractivity contribution is -0.139. The highest BCUT2D eigenvalue weighted by molar-refractivity contribution is 8.14. The summed E-state index contributed by atoms with van der Waals surface area (Å²) in [4.78, 5) is 47.6. The molecule has 10 heteroatoms. The smallest absolute Gasteiger partial charge is 0.416 e. The van der Waals surface area contributed by atoms with E-state index in [9.17, 15) is 32.3 Å². The maximum Gasteiger partial charge on any atom is 0.416 e. The lowest BCUT2D eigenvalue weighted by atomic mass is 9.94. The molecule has 1 aliphatic heterocycles. The van der Waals surface area contributed by atoms with Crippen LogP contribution in [-0.4, -0.2) is 34.4 Å². The summed E-state index contributed by atoms with van der Waals surface area (Å²) in [5, 5.41) is 9.86. The van der Waals surface area contributed by atoms with Crippen LogP contribution < -0.4 is 5.32 Å². The van der Waals surface area contributed by atoms with Gasteiger partial charge in [-0.25, -0.2) is 0 Å². The average Bonchev–Trinajstić information content (AvgIpc) is 2.65. The van der Waals surface area contributed by atoms with Gasteiger partial charge in [0.1, 0.15) is 6.54 Å². The molecule has 0 saturated heterocycles. The van der Waals surface area contributed by atoms with Crippen LogP contribution in [0.15, 0.2) is 47.4 Å². The Morgan fingerprint density at radius 2 is 1.66 bits per heavy atom. The topological polar surface area (TPSA) is 101 Å². The van der Waals surface area contributed by atoms with Crippen molar-refractivity contribution >= 4 is 34.5 Å². The van der Waals surface area contributed by atoms with E-state index in [4.69, 9.17) is 5.11 Å². The summed E-state index contributed by atoms with van der Waals surface area (Å²) in [7, 11) is 0. The number of carbonyl (C=O) groups is 4. The number of fused-ring (bicyclic) bond motifs is 1. The summed E-state index contributed by atoms with van der Waals surface area (Å²) < 4.78 is 38.1. The van der Waals surface area contributed by atoms with Gasteiger partial charge in [-0.1, -0.05) is 18.2 Å². The number of thioether (sulfide) groups is 1. The minimum atomic E-state index is -4.46. The van der Waals surface area contributed by atoms with Crippen LogP contribution in [0.1, 0.15) is 15.9 Å². The Bertz CT molecular complexity index is 1020. The van der Waals surface area contributed by atoms with Crippen LogP contribution in [0.5, 0.6) is 0 Å². The van der Waals surface area contributed by atoms with Crippen LogP contribution in [0.2, 0.25) is 0 Å². The van der Waals surface area contributed by atoms with Crippen molar-refractivity contribution in [3.8, 4) is 11.1 Å². The summed E-state index contributed by atoms with van der Waals surface area (Å²) in [5.74, 6) is -4.72. The molecular weight excluding hydrogens is 411 g/mol. The molecule has 1 unspecified atom stereocenters. The number of amides is 1. The number of carboxylic acids is 1. The number of alkyl halides is 3. The van der Waals surface area contributed by atoms with Gasteiger partial charge in [-0.15, -0.1) is 0 Å². The molecule has 0 spiro atoms. The number of benzene rings is 2. The number of hydrogen-bond acceptors (Lipinski definition) is 5. The number of halogens is 3. The number of ketones is 1. The molecule has 0 bridgehead atoms. The Kier molecular flexibility index (Phi) is 5.47. The molecule has 1 atom stereocenters. The molecule has 6 nitrogen and oxygen atoms in total. The average molecular weight is 423 g/mol. The van der Waals surface area contributed by atoms with Gasteiger partial charge in [0.25, 0.3) is 0 Å². The minimum Gasteiger partial charge on any atom is -0.480 e. The Morgan fingerprint density at radius 1 is 1.03 bits per heavy atom. The third-order valence-electron chi connectivity index (χ3n) is 4.18. The summed E-state index contributed by atoms with van der Waals surface area (Å²) in [6, 6.07) is 8.81. The maximum absolute atomic E-state index is 12.7. The van der Waals surface area contributed by atoms with Crippen LogP contribution in [0.25, 0.3) is 11.1 Å². The zero-order valence-corrected chi connectivity index (χ0v) is 15.3. The molecule has 2 N–H and O–H groups in total. The van der Waals surface area contributed by atoms with Gasteiger partial charge >= 0.3 is 12.1 Å². The molecule has 1 amide bonds. The number of aliphatic carboxylic acids is 1. The molecule has 2 aromatic rings. The lowest BCUT2D eigenvalue weighted by Gasteiger charge is -2.21. The van der Waals surface area contributed by atoms with Crippen molar-refractivity contribution < 1.29 is 37.5 Å². The lowest BCUT2D eigenvalue weighted by Crippen LogP contribution is -2.42. The van der Waals surface area contributed by atoms with Crippen LogP contribution in [-0.2, 0) is 20.6 Å². The van der Waals surface area contributed by atoms with E-state index in [0.717, 1.165) is 12.1 Å². The SMILES string of the molecule is O=C(O)CNC(=O)C1C(=O)Sc2cc(-c3ccc(C(F)(F)F)cc3)ccc2C1=O. The molecule has 1 aliphatic rings. The largest absolute Gasteiger partial charge is 0.480 e. The second-order valence-corrected chi connectivity index (χ2v) is 7.16. The fourth-order valence-electron chi connectivity index (χ4n) is 2.76. The van der Waals surface area contributed by atoms with Crippen molar-refractivity contribution in [1.82, 2.24) is 5.32 Å². The van der Waals surface area contributed by atoms with Crippen molar-refractivity contribution in [3.05, 3.63) is 53.6 Å². The molecule has 2 aromatic carbocycles. The van der Waals surface area contributed by atoms with Gasteiger partial charge < -0.3 is 10.4 Å². The third-order valence-corrected chi connectivity index (χ3v) is 5.17. The van der Waals surface area contributed by atoms with Gasteiger partial charge in [-0.3, -0.25) is 19.2 Å². The number of Topliss-reactive ketones (excluding diaryl/α,β-unsaturated/α-hetero) is 1. The van der Waals surface area contributed by atoms with Gasteiger partial charge in [0.2, 0.25) is 11.0 Å². The van der Waals surface area contributed by atoms with Crippen LogP contribution >= 0.6 is 11.8 Å². The van der Waals surface area contributed by atoms with E-state index in [2.05, 4.69) is 0 Å². The molecule has 29 heavy (non-hydrogen) atoms. The first-order valence-corrected chi connectivity index (χ1v) is 8.96. The molecule has 0 aromatic heterocycles. The van der Waals surface area contributed by atoms with Crippen molar-refractivity contribution in [2.75, 3.05) is 6.54 Å². The summed E-state index contributed by atoms with van der Waals surface area (Å²) in [5.41, 5.74) is 0.275. The van der Waals surface area contributed by atoms with E-state index in [1.165, 1.54) is 30.3 Å². The number of rotatable bonds is 4. The van der Waals surface area contributed by atoms with Crippen LogP contribution in [0.3, 0.4) is 0 Å². The van der Waals surface area contributed by atoms with Crippen molar-refractivity contribution in [2.24, 2.45) is 5.92 Å². The quantitative estimate of drug-likeness (QED) is 0.734. The van der Waals surface area contributed by atoms with Gasteiger partial charge in [-0.05, 0) is 47.2 Å². The molecule has 0 radical (unpaired) electrons. The zero-order valence-electron chi connectivity index (χ0n) is 14.4. The highest BCUT2D eigenvalue weighted by atomic mass is 32.2. The predicted molar refractivity (Wildman–Crippen MR) is 96.2 cm³/mol. The van der Waals surface area contributed by atoms with Crippen LogP contribution in [0.4, 0.5) is 13.2 Å². The standard InChI is InChI=1S/C19H12F3NO5S/c20-19(21,22)11-4-1-9(2-5-11)10-3-6-12-13(7-10)29-18(28)15(16(12)26)17(27)23-8-14(24)25/h1-7,15H,8H2,(H,23,27)(H,24,25). The number of nitrogens with one attached hydrogen (secondary N) is 1. The summed E-state index contributed by atoms with van der Waals surface area (Å²) in [6.07, 6.45) is -4.46. The first-order chi connectivity index (χ1) is 13.6. The minimum absolute atomic E-state index is 0.112. The second-order valence-electron chi connectivity index (χ2n) is 6.12. The van der Waals surface area contributed by atoms with E-state index in [0.29, 0.717) is 22.9 Å². The number of carbonyl (C=O) groups excluding carboxylic acids is 3. The Labute approximate surface area is 166 Å². The molecule has 0 fully saturated rings. The van der Waals surface area contributed by atoms with Crippen molar-refractivity contribution in [1.29, 1.82) is 0 Å². The summed E-state index contributed by atoms with van der Waals surface area (Å²) >= 11 is 0.655. The second kappa shape index (κ2) is 7.70. The molecule has 1 heterocycles. The van der Waals surface area contributed by atoms with Gasteiger partial charge in [-0.2, -0.15) is 13.2 Å². The van der Waals surface area contributed by atoms with Crippen molar-refractivity contribution in [3.63, 3.8) is 0 Å². The van der Waals surface area contributed by atoms with E-state index >= 15 is 0 Å². The first-order valence-electron chi connectivity index (χ1n) is 8.15. The van der Waals surface area contributed by atoms with Gasteiger partial charge in [0, 0.05) is 10.5 Å². The molecule has 3 rings (SSSR count). The monoisotopic (exact) mass is 423 g/mol. The highest BCUT2D eigenvalue weighted by Gasteiger charge is 2.40. The van der Waals surface area contributed by atoms with Gasteiger partial charge in [0.05, 0.1) is 5.56 Å². The Hall–Kier alpha value is -3.14. The summed E-state index contributed by atoms with van der Waals surface area (Å²) in [6.45, 7) is -0.722. The predicted octanol–water partition coefficient (Wildman–Crippen LogP) is 3.00. The normalized spacial score (nSPS) is 16.3. The van der Waals surface area contributed by atoms with E-state index in [1.54, 1.807) is 0 Å². The Morgan fingerprint density at radius 3 is 2.24 bits per heavy atom. The fourth-order valence-corrected chi connectivity index (χ4v) is 3.78. The van der Waals surface area contributed by atoms with Gasteiger partial charge in [0.15, 0.2) is 11.7 Å². The first kappa shape index (κ1) is 20.6. The number of hydrogen-bond donors (Lipinski definition) is 2. The maximum atomic E-state index is 12.7.